The van der Waals surface area contributed by atoms with Gasteiger partial charge in [-0.25, -0.2) is 0 Å². The summed E-state index contributed by atoms with van der Waals surface area (Å²) in [5, 5.41) is 8.54. The molecule has 8 heteroatoms. The summed E-state index contributed by atoms with van der Waals surface area (Å²) in [5.41, 5.74) is 10.9. The van der Waals surface area contributed by atoms with Crippen molar-refractivity contribution < 1.29 is 19.4 Å². The second-order valence-electron chi connectivity index (χ2n) is 3.30. The zero-order chi connectivity index (χ0) is 13.3. The highest BCUT2D eigenvalue weighted by molar-refractivity contribution is 8.76. The van der Waals surface area contributed by atoms with Gasteiger partial charge in [0.15, 0.2) is 0 Å². The van der Waals surface area contributed by atoms with Gasteiger partial charge in [-0.1, -0.05) is 21.6 Å². The molecule has 0 bridgehead atoms. The Morgan fingerprint density at radius 3 is 2.06 bits per heavy atom. The summed E-state index contributed by atoms with van der Waals surface area (Å²) in [7, 11) is 4.37. The summed E-state index contributed by atoms with van der Waals surface area (Å²) >= 11 is 0. The Hall–Kier alpha value is -0.440. The molecule has 0 aliphatic heterocycles. The van der Waals surface area contributed by atoms with Crippen LogP contribution in [0.5, 0.6) is 0 Å². The average molecular weight is 282 g/mol. The van der Waals surface area contributed by atoms with E-state index >= 15 is 0 Å². The minimum atomic E-state index is -0.983. The van der Waals surface area contributed by atoms with Crippen molar-refractivity contribution >= 4 is 33.5 Å². The van der Waals surface area contributed by atoms with Gasteiger partial charge in [0.2, 0.25) is 0 Å². The summed E-state index contributed by atoms with van der Waals surface area (Å²) in [4.78, 5) is 21.4. The topological polar surface area (TPSA) is 116 Å². The molecule has 6 nitrogen and oxygen atoms in total. The number of carbonyl (C=O) groups is 2. The molecule has 2 atom stereocenters. The molecule has 5 N–H and O–H groups in total. The van der Waals surface area contributed by atoms with Crippen LogP contribution in [0.4, 0.5) is 0 Å². The molecule has 100 valence electrons. The van der Waals surface area contributed by atoms with Gasteiger partial charge in [-0.05, 0) is 12.8 Å². The van der Waals surface area contributed by atoms with Gasteiger partial charge in [-0.2, -0.15) is 0 Å². The molecule has 0 radical (unpaired) electrons. The minimum absolute atomic E-state index is 0.413. The van der Waals surface area contributed by atoms with Crippen molar-refractivity contribution in [2.45, 2.75) is 24.9 Å². The van der Waals surface area contributed by atoms with Crippen molar-refractivity contribution in [3.63, 3.8) is 0 Å². The molecule has 0 unspecified atom stereocenters. The van der Waals surface area contributed by atoms with Gasteiger partial charge in [0.25, 0.3) is 0 Å². The van der Waals surface area contributed by atoms with E-state index in [2.05, 4.69) is 4.74 Å². The van der Waals surface area contributed by atoms with E-state index in [0.717, 1.165) is 0 Å². The van der Waals surface area contributed by atoms with Crippen LogP contribution in [0.3, 0.4) is 0 Å². The Labute approximate surface area is 108 Å². The predicted octanol–water partition coefficient (Wildman–Crippen LogP) is 0.0602. The van der Waals surface area contributed by atoms with Crippen LogP contribution in [0.15, 0.2) is 0 Å². The van der Waals surface area contributed by atoms with E-state index in [1.807, 2.05) is 0 Å². The molecule has 0 saturated carbocycles. The largest absolute Gasteiger partial charge is 0.480 e. The minimum Gasteiger partial charge on any atom is -0.480 e. The number of carbonyl (C=O) groups excluding carboxylic acids is 1. The second kappa shape index (κ2) is 9.58. The molecule has 0 aliphatic rings. The molecule has 0 aliphatic carbocycles. The summed E-state index contributed by atoms with van der Waals surface area (Å²) in [6, 6.07) is -1.39. The molecule has 0 aromatic carbocycles. The van der Waals surface area contributed by atoms with E-state index in [4.69, 9.17) is 16.6 Å². The quantitative estimate of drug-likeness (QED) is 0.309. The maximum atomic E-state index is 11.0. The van der Waals surface area contributed by atoms with E-state index < -0.39 is 24.0 Å². The summed E-state index contributed by atoms with van der Waals surface area (Å²) in [6.45, 7) is 0. The molecule has 0 aromatic heterocycles. The first-order valence-electron chi connectivity index (χ1n) is 5.05. The molecule has 0 rings (SSSR count). The number of carboxylic acid groups (broad SMARTS) is 1. The fourth-order valence-electron chi connectivity index (χ4n) is 0.861. The van der Waals surface area contributed by atoms with Crippen LogP contribution < -0.4 is 11.5 Å². The maximum Gasteiger partial charge on any atom is 0.322 e. The van der Waals surface area contributed by atoms with Crippen LogP contribution in [-0.4, -0.2) is 47.7 Å². The van der Waals surface area contributed by atoms with Crippen molar-refractivity contribution in [2.75, 3.05) is 18.6 Å². The summed E-state index contributed by atoms with van der Waals surface area (Å²) < 4.78 is 4.49. The number of aliphatic carboxylic acids is 1. The Bertz CT molecular complexity index is 253. The number of methoxy groups -OCH3 is 1. The van der Waals surface area contributed by atoms with Gasteiger partial charge in [-0.15, -0.1) is 0 Å². The number of nitrogens with two attached hydrogens (primary N) is 2. The Balaban J connectivity index is 3.41. The number of hydrogen-bond donors (Lipinski definition) is 3. The van der Waals surface area contributed by atoms with E-state index in [0.29, 0.717) is 24.3 Å². The van der Waals surface area contributed by atoms with Gasteiger partial charge in [0.1, 0.15) is 12.1 Å². The monoisotopic (exact) mass is 282 g/mol. The summed E-state index contributed by atoms with van der Waals surface area (Å²) in [6.07, 6.45) is 0.964. The van der Waals surface area contributed by atoms with Gasteiger partial charge < -0.3 is 21.3 Å². The van der Waals surface area contributed by atoms with Gasteiger partial charge in [-0.3, -0.25) is 9.59 Å². The lowest BCUT2D eigenvalue weighted by Gasteiger charge is -2.08. The van der Waals surface area contributed by atoms with E-state index in [9.17, 15) is 9.59 Å². The third-order valence-electron chi connectivity index (χ3n) is 1.93. The first-order chi connectivity index (χ1) is 7.99. The lowest BCUT2D eigenvalue weighted by atomic mass is 10.2. The van der Waals surface area contributed by atoms with E-state index in [1.54, 1.807) is 10.8 Å². The Kier molecular flexibility index (Phi) is 9.33. The maximum absolute atomic E-state index is 11.0. The predicted molar refractivity (Wildman–Crippen MR) is 69.8 cm³/mol. The standard InChI is InChI=1S/C9H18N2O4S2/c1-15-9(14)7(11)3-5-17-16-4-2-6(10)8(12)13/h6-7H,2-5,10-11H2,1H3,(H,12,13)/t6-,7-/m0/s1. The van der Waals surface area contributed by atoms with Crippen molar-refractivity contribution in [1.82, 2.24) is 0 Å². The first kappa shape index (κ1) is 16.6. The third kappa shape index (κ3) is 8.31. The van der Waals surface area contributed by atoms with Crippen molar-refractivity contribution in [3.8, 4) is 0 Å². The SMILES string of the molecule is COC(=O)[C@@H](N)CCSSCC[C@H](N)C(=O)O. The highest BCUT2D eigenvalue weighted by Crippen LogP contribution is 2.23. The lowest BCUT2D eigenvalue weighted by molar-refractivity contribution is -0.142. The van der Waals surface area contributed by atoms with Gasteiger partial charge in [0.05, 0.1) is 7.11 Å². The van der Waals surface area contributed by atoms with Gasteiger partial charge in [0, 0.05) is 11.5 Å². The van der Waals surface area contributed by atoms with E-state index in [1.165, 1.54) is 17.9 Å². The molecule has 0 fully saturated rings. The van der Waals surface area contributed by atoms with Crippen LogP contribution in [0.2, 0.25) is 0 Å². The van der Waals surface area contributed by atoms with Crippen LogP contribution in [0.25, 0.3) is 0 Å². The van der Waals surface area contributed by atoms with Crippen LogP contribution in [-0.2, 0) is 14.3 Å². The van der Waals surface area contributed by atoms with Crippen LogP contribution in [0, 0.1) is 0 Å². The average Bonchev–Trinajstić information content (AvgIpc) is 2.31. The molecule has 0 spiro atoms. The molecule has 0 heterocycles. The fourth-order valence-corrected chi connectivity index (χ4v) is 3.08. The molecule has 0 saturated heterocycles. The first-order valence-corrected chi connectivity index (χ1v) is 7.54. The van der Waals surface area contributed by atoms with Crippen LogP contribution in [0.1, 0.15) is 12.8 Å². The zero-order valence-electron chi connectivity index (χ0n) is 9.63. The molecule has 0 aromatic rings. The number of hydrogen-bond acceptors (Lipinski definition) is 7. The smallest absolute Gasteiger partial charge is 0.322 e. The van der Waals surface area contributed by atoms with Gasteiger partial charge >= 0.3 is 11.9 Å². The fraction of sp³-hybridized carbons (Fsp3) is 0.778. The normalized spacial score (nSPS) is 14.1. The van der Waals surface area contributed by atoms with Crippen molar-refractivity contribution in [3.05, 3.63) is 0 Å². The molecular weight excluding hydrogens is 264 g/mol. The third-order valence-corrected chi connectivity index (χ3v) is 4.40. The zero-order valence-corrected chi connectivity index (χ0v) is 11.3. The number of rotatable bonds is 9. The van der Waals surface area contributed by atoms with Crippen molar-refractivity contribution in [1.29, 1.82) is 0 Å². The number of ether oxygens (including phenoxy) is 1. The lowest BCUT2D eigenvalue weighted by Crippen LogP contribution is -2.32. The highest BCUT2D eigenvalue weighted by Gasteiger charge is 2.13. The summed E-state index contributed by atoms with van der Waals surface area (Å²) in [5.74, 6) is -0.0266. The van der Waals surface area contributed by atoms with E-state index in [-0.39, 0.29) is 0 Å². The molecule has 0 amide bonds. The molecule has 17 heavy (non-hydrogen) atoms. The van der Waals surface area contributed by atoms with Crippen molar-refractivity contribution in [2.24, 2.45) is 11.5 Å². The van der Waals surface area contributed by atoms with Crippen LogP contribution >= 0.6 is 21.6 Å². The Morgan fingerprint density at radius 1 is 1.18 bits per heavy atom. The highest BCUT2D eigenvalue weighted by atomic mass is 33.1. The molecular formula is C9H18N2O4S2. The number of esters is 1. The second-order valence-corrected chi connectivity index (χ2v) is 6.00. The number of carboxylic acids is 1. The Morgan fingerprint density at radius 2 is 1.65 bits per heavy atom.